The summed E-state index contributed by atoms with van der Waals surface area (Å²) >= 11 is 0. The van der Waals surface area contributed by atoms with Crippen LogP contribution in [0.15, 0.2) is 84.0 Å². The van der Waals surface area contributed by atoms with E-state index < -0.39 is 0 Å². The summed E-state index contributed by atoms with van der Waals surface area (Å²) in [6, 6.07) is 22.5. The third-order valence-electron chi connectivity index (χ3n) is 5.72. The van der Waals surface area contributed by atoms with Gasteiger partial charge in [0.2, 0.25) is 0 Å². The molecule has 0 saturated carbocycles. The molecular weight excluding hydrogens is 342 g/mol. The van der Waals surface area contributed by atoms with E-state index in [2.05, 4.69) is 24.8 Å². The molecule has 2 nitrogen and oxygen atoms in total. The number of benzene rings is 2. The second-order valence-corrected chi connectivity index (χ2v) is 8.39. The lowest BCUT2D eigenvalue weighted by atomic mass is 9.77. The molecule has 142 valence electrons. The minimum atomic E-state index is -0.362. The van der Waals surface area contributed by atoms with Crippen molar-refractivity contribution in [3.63, 3.8) is 0 Å². The van der Waals surface area contributed by atoms with Gasteiger partial charge in [-0.2, -0.15) is 5.26 Å². The Balaban J connectivity index is 1.97. The van der Waals surface area contributed by atoms with E-state index in [0.717, 1.165) is 34.3 Å². The average molecular weight is 370 g/mol. The third kappa shape index (κ3) is 3.85. The van der Waals surface area contributed by atoms with Gasteiger partial charge < -0.3 is 0 Å². The van der Waals surface area contributed by atoms with Gasteiger partial charge in [-0.15, -0.1) is 0 Å². The number of carbonyl (C=O) groups is 1. The van der Waals surface area contributed by atoms with Crippen molar-refractivity contribution in [2.24, 2.45) is 5.41 Å². The number of allylic oxidation sites excluding steroid dienone is 3. The first-order valence-corrected chi connectivity index (χ1v) is 9.77. The van der Waals surface area contributed by atoms with E-state index in [4.69, 9.17) is 0 Å². The third-order valence-corrected chi connectivity index (χ3v) is 5.72. The van der Waals surface area contributed by atoms with Crippen LogP contribution in [0.25, 0.3) is 0 Å². The van der Waals surface area contributed by atoms with Crippen LogP contribution in [0.1, 0.15) is 56.6 Å². The molecule has 0 bridgehead atoms. The Labute approximate surface area is 168 Å². The zero-order valence-corrected chi connectivity index (χ0v) is 16.9. The molecule has 1 aliphatic rings. The molecular formula is C26H27NO. The van der Waals surface area contributed by atoms with Gasteiger partial charge in [0.1, 0.15) is 0 Å². The molecule has 0 amide bonds. The van der Waals surface area contributed by atoms with E-state index in [1.807, 2.05) is 69.3 Å². The van der Waals surface area contributed by atoms with Crippen LogP contribution in [0.5, 0.6) is 0 Å². The number of hydrogen-bond acceptors (Lipinski definition) is 2. The smallest absolute Gasteiger partial charge is 0.168 e. The van der Waals surface area contributed by atoms with Crippen molar-refractivity contribution in [3.05, 3.63) is 95.1 Å². The second-order valence-electron chi connectivity index (χ2n) is 8.39. The van der Waals surface area contributed by atoms with Gasteiger partial charge in [-0.3, -0.25) is 4.79 Å². The molecule has 3 rings (SSSR count). The maximum absolute atomic E-state index is 12.9. The number of rotatable bonds is 6. The van der Waals surface area contributed by atoms with E-state index in [-0.39, 0.29) is 23.0 Å². The first-order chi connectivity index (χ1) is 13.3. The molecule has 0 spiro atoms. The van der Waals surface area contributed by atoms with Crippen LogP contribution < -0.4 is 0 Å². The topological polar surface area (TPSA) is 40.9 Å². The van der Waals surface area contributed by atoms with Crippen molar-refractivity contribution in [2.45, 2.75) is 45.4 Å². The highest BCUT2D eigenvalue weighted by molar-refractivity contribution is 6.06. The zero-order chi connectivity index (χ0) is 20.3. The molecule has 0 N–H and O–H groups in total. The maximum atomic E-state index is 12.9. The van der Waals surface area contributed by atoms with E-state index in [9.17, 15) is 10.1 Å². The number of Topliss-reactive ketones (excluding diaryl/α,β-unsaturated/α-hetero) is 1. The Kier molecular flexibility index (Phi) is 5.66. The largest absolute Gasteiger partial charge is 0.294 e. The van der Waals surface area contributed by atoms with Crippen molar-refractivity contribution in [2.75, 3.05) is 0 Å². The first kappa shape index (κ1) is 19.8. The van der Waals surface area contributed by atoms with Gasteiger partial charge in [0.05, 0.1) is 12.0 Å². The molecule has 28 heavy (non-hydrogen) atoms. The molecule has 0 aromatic heterocycles. The Hall–Kier alpha value is -2.92. The lowest BCUT2D eigenvalue weighted by Crippen LogP contribution is -2.21. The molecule has 0 radical (unpaired) electrons. The quantitative estimate of drug-likeness (QED) is 0.596. The lowest BCUT2D eigenvalue weighted by molar-refractivity contribution is -0.121. The van der Waals surface area contributed by atoms with E-state index in [0.29, 0.717) is 6.42 Å². The van der Waals surface area contributed by atoms with Gasteiger partial charge in [-0.25, -0.2) is 0 Å². The predicted molar refractivity (Wildman–Crippen MR) is 114 cm³/mol. The first-order valence-electron chi connectivity index (χ1n) is 9.77. The molecule has 1 aliphatic carbocycles. The number of nitriles is 1. The Morgan fingerprint density at radius 2 is 1.61 bits per heavy atom. The second kappa shape index (κ2) is 7.98. The van der Waals surface area contributed by atoms with E-state index >= 15 is 0 Å². The summed E-state index contributed by atoms with van der Waals surface area (Å²) in [7, 11) is 0. The van der Waals surface area contributed by atoms with Crippen LogP contribution in [0.4, 0.5) is 0 Å². The Morgan fingerprint density at radius 1 is 1.07 bits per heavy atom. The lowest BCUT2D eigenvalue weighted by Gasteiger charge is -2.25. The van der Waals surface area contributed by atoms with Crippen LogP contribution in [0.3, 0.4) is 0 Å². The summed E-state index contributed by atoms with van der Waals surface area (Å²) < 4.78 is 0. The van der Waals surface area contributed by atoms with E-state index in [1.165, 1.54) is 0 Å². The molecule has 2 unspecified atom stereocenters. The fourth-order valence-corrected chi connectivity index (χ4v) is 4.38. The fraction of sp³-hybridized carbons (Fsp3) is 0.308. The highest BCUT2D eigenvalue weighted by Gasteiger charge is 2.39. The SMILES string of the molecule is C=C(CC(c1ccccc1)C(C#N)c1ccccc1)C1=C(C)CC(C)(C)C1=O. The van der Waals surface area contributed by atoms with Crippen molar-refractivity contribution in [3.8, 4) is 6.07 Å². The van der Waals surface area contributed by atoms with Crippen molar-refractivity contribution in [1.82, 2.24) is 0 Å². The van der Waals surface area contributed by atoms with Crippen molar-refractivity contribution in [1.29, 1.82) is 5.26 Å². The standard InChI is InChI=1S/C26H27NO/c1-18(24-19(2)16-26(3,4)25(24)28)15-22(20-11-7-5-8-12-20)23(17-27)21-13-9-6-10-14-21/h5-14,22-23H,1,15-16H2,2-4H3. The zero-order valence-electron chi connectivity index (χ0n) is 16.9. The molecule has 0 aliphatic heterocycles. The van der Waals surface area contributed by atoms with Crippen molar-refractivity contribution < 1.29 is 4.79 Å². The van der Waals surface area contributed by atoms with Gasteiger partial charge in [0, 0.05) is 16.9 Å². The molecule has 0 heterocycles. The number of nitrogens with zero attached hydrogens (tertiary/aromatic N) is 1. The maximum Gasteiger partial charge on any atom is 0.168 e. The monoisotopic (exact) mass is 369 g/mol. The Bertz CT molecular complexity index is 945. The van der Waals surface area contributed by atoms with Crippen LogP contribution in [0.2, 0.25) is 0 Å². The average Bonchev–Trinajstić information content (AvgIpc) is 2.90. The van der Waals surface area contributed by atoms with Gasteiger partial charge in [0.25, 0.3) is 0 Å². The van der Waals surface area contributed by atoms with Crippen molar-refractivity contribution >= 4 is 5.78 Å². The molecule has 2 heteroatoms. The fourth-order valence-electron chi connectivity index (χ4n) is 4.38. The molecule has 0 saturated heterocycles. The highest BCUT2D eigenvalue weighted by Crippen LogP contribution is 2.44. The summed E-state index contributed by atoms with van der Waals surface area (Å²) in [6.45, 7) is 10.3. The minimum absolute atomic E-state index is 0.0575. The summed E-state index contributed by atoms with van der Waals surface area (Å²) in [6.07, 6.45) is 1.36. The summed E-state index contributed by atoms with van der Waals surface area (Å²) in [5, 5.41) is 10.0. The van der Waals surface area contributed by atoms with Crippen LogP contribution in [0, 0.1) is 16.7 Å². The minimum Gasteiger partial charge on any atom is -0.294 e. The van der Waals surface area contributed by atoms with Gasteiger partial charge in [0.15, 0.2) is 5.78 Å². The Morgan fingerprint density at radius 3 is 2.07 bits per heavy atom. The van der Waals surface area contributed by atoms with Crippen LogP contribution in [-0.2, 0) is 4.79 Å². The van der Waals surface area contributed by atoms with Crippen LogP contribution >= 0.6 is 0 Å². The molecule has 2 aromatic carbocycles. The summed E-state index contributed by atoms with van der Waals surface area (Å²) in [5.74, 6) is -0.182. The van der Waals surface area contributed by atoms with Gasteiger partial charge >= 0.3 is 0 Å². The number of carbonyl (C=O) groups excluding carboxylic acids is 1. The number of ketones is 1. The van der Waals surface area contributed by atoms with Crippen LogP contribution in [-0.4, -0.2) is 5.78 Å². The predicted octanol–water partition coefficient (Wildman–Crippen LogP) is 6.34. The van der Waals surface area contributed by atoms with Gasteiger partial charge in [-0.05, 0) is 36.5 Å². The number of hydrogen-bond donors (Lipinski definition) is 0. The summed E-state index contributed by atoms with van der Waals surface area (Å²) in [5.41, 5.74) is 4.48. The summed E-state index contributed by atoms with van der Waals surface area (Å²) in [4.78, 5) is 12.9. The van der Waals surface area contributed by atoms with E-state index in [1.54, 1.807) is 0 Å². The molecule has 2 atom stereocenters. The highest BCUT2D eigenvalue weighted by atomic mass is 16.1. The molecule has 0 fully saturated rings. The van der Waals surface area contributed by atoms with Gasteiger partial charge in [-0.1, -0.05) is 86.7 Å². The normalized spacial score (nSPS) is 17.9. The molecule has 2 aromatic rings.